The Morgan fingerprint density at radius 2 is 1.19 bits per heavy atom. The Labute approximate surface area is 101 Å². The van der Waals surface area contributed by atoms with Gasteiger partial charge in [-0.2, -0.15) is 0 Å². The summed E-state index contributed by atoms with van der Waals surface area (Å²) in [7, 11) is 11.2. The van der Waals surface area contributed by atoms with Crippen LogP contribution in [0.2, 0.25) is 0 Å². The zero-order valence-electron chi connectivity index (χ0n) is 11.6. The molecule has 0 saturated heterocycles. The third kappa shape index (κ3) is 2.67. The summed E-state index contributed by atoms with van der Waals surface area (Å²) < 4.78 is 12.1. The minimum absolute atomic E-state index is 0.570. The highest BCUT2D eigenvalue weighted by Crippen LogP contribution is 2.56. The summed E-state index contributed by atoms with van der Waals surface area (Å²) in [6, 6.07) is 0.570. The first-order valence-electron chi connectivity index (χ1n) is 6.06. The van der Waals surface area contributed by atoms with Gasteiger partial charge in [0, 0.05) is 0 Å². The second-order valence-corrected chi connectivity index (χ2v) is 8.84. The van der Waals surface area contributed by atoms with E-state index in [1.54, 1.807) is 0 Å². The van der Waals surface area contributed by atoms with Gasteiger partial charge in [0.2, 0.25) is 0 Å². The summed E-state index contributed by atoms with van der Waals surface area (Å²) in [4.78, 5) is 0. The highest BCUT2D eigenvalue weighted by Gasteiger charge is 2.30. The molecule has 1 saturated carbocycles. The van der Waals surface area contributed by atoms with Gasteiger partial charge in [0.25, 0.3) is 0 Å². The van der Waals surface area contributed by atoms with Gasteiger partial charge in [-0.3, -0.25) is 18.8 Å². The van der Waals surface area contributed by atoms with Crippen molar-refractivity contribution < 1.29 is 0 Å². The van der Waals surface area contributed by atoms with Crippen molar-refractivity contribution in [3.05, 3.63) is 0 Å². The first-order valence-corrected chi connectivity index (χ1v) is 7.66. The van der Waals surface area contributed by atoms with Crippen LogP contribution < -0.4 is 0 Å². The van der Waals surface area contributed by atoms with Crippen molar-refractivity contribution in [3.63, 3.8) is 0 Å². The van der Waals surface area contributed by atoms with E-state index in [9.17, 15) is 0 Å². The molecule has 96 valence electrons. The zero-order chi connectivity index (χ0) is 12.3. The summed E-state index contributed by atoms with van der Waals surface area (Å²) in [6.07, 6.45) is 5.25. The van der Waals surface area contributed by atoms with Crippen molar-refractivity contribution >= 4 is 7.51 Å². The fourth-order valence-corrected chi connectivity index (χ4v) is 6.06. The average molecular weight is 246 g/mol. The Balaban J connectivity index is 3.09. The van der Waals surface area contributed by atoms with Gasteiger partial charge in [0.05, 0.1) is 6.04 Å². The van der Waals surface area contributed by atoms with Crippen LogP contribution in [0.25, 0.3) is 0 Å². The molecule has 0 aromatic heterocycles. The normalized spacial score (nSPS) is 19.1. The second-order valence-electron chi connectivity index (χ2n) is 5.13. The van der Waals surface area contributed by atoms with E-state index >= 15 is 0 Å². The van der Waals surface area contributed by atoms with Crippen LogP contribution in [0.3, 0.4) is 0 Å². The smallest absolute Gasteiger partial charge is 0.166 e. The number of hydrogen-bond acceptors (Lipinski definition) is 1. The van der Waals surface area contributed by atoms with Crippen molar-refractivity contribution in [2.45, 2.75) is 31.7 Å². The molecule has 5 heteroatoms. The van der Waals surface area contributed by atoms with Gasteiger partial charge in [-0.15, -0.1) is 0 Å². The number of nitrogens with zero attached hydrogens (tertiary/aromatic N) is 4. The lowest BCUT2D eigenvalue weighted by atomic mass is 10.3. The van der Waals surface area contributed by atoms with Crippen LogP contribution in [0.4, 0.5) is 0 Å². The maximum atomic E-state index is 5.19. The van der Waals surface area contributed by atoms with Gasteiger partial charge < -0.3 is 0 Å². The van der Waals surface area contributed by atoms with E-state index in [2.05, 4.69) is 56.3 Å². The molecule has 0 heterocycles. The fourth-order valence-electron chi connectivity index (χ4n) is 2.62. The van der Waals surface area contributed by atoms with Gasteiger partial charge in [-0.25, -0.2) is 0 Å². The lowest BCUT2D eigenvalue weighted by Gasteiger charge is -2.41. The van der Waals surface area contributed by atoms with E-state index in [0.29, 0.717) is 6.04 Å². The van der Waals surface area contributed by atoms with Crippen LogP contribution >= 0.6 is 7.51 Å². The molecule has 1 rings (SSSR count). The molecule has 0 aromatic carbocycles. The van der Waals surface area contributed by atoms with Gasteiger partial charge in [0.15, 0.2) is 7.51 Å². The third-order valence-electron chi connectivity index (χ3n) is 3.25. The standard InChI is InChI=1S/C11H27N4P/c1-13(2)16(14(3)4,15(5)6)12-11-9-7-8-10-11/h11H,7-10H2,1-6H3. The first-order chi connectivity index (χ1) is 7.41. The molecule has 0 amide bonds. The molecule has 0 atom stereocenters. The Bertz CT molecular complexity index is 239. The van der Waals surface area contributed by atoms with Crippen molar-refractivity contribution in [3.8, 4) is 0 Å². The van der Waals surface area contributed by atoms with Crippen molar-refractivity contribution in [2.75, 3.05) is 42.3 Å². The van der Waals surface area contributed by atoms with Gasteiger partial charge in [0.1, 0.15) is 0 Å². The van der Waals surface area contributed by atoms with Crippen LogP contribution in [0, 0.1) is 0 Å². The largest absolute Gasteiger partial charge is 0.257 e. The third-order valence-corrected chi connectivity index (χ3v) is 7.11. The molecule has 0 spiro atoms. The lowest BCUT2D eigenvalue weighted by molar-refractivity contribution is 0.465. The highest BCUT2D eigenvalue weighted by molar-refractivity contribution is 7.59. The molecular weight excluding hydrogens is 219 g/mol. The van der Waals surface area contributed by atoms with E-state index < -0.39 is 7.51 Å². The van der Waals surface area contributed by atoms with Gasteiger partial charge in [-0.05, 0) is 55.1 Å². The molecule has 0 aromatic rings. The topological polar surface area (TPSA) is 22.1 Å². The van der Waals surface area contributed by atoms with Gasteiger partial charge >= 0.3 is 0 Å². The molecule has 4 nitrogen and oxygen atoms in total. The molecule has 1 aliphatic carbocycles. The van der Waals surface area contributed by atoms with E-state index in [-0.39, 0.29) is 0 Å². The minimum atomic E-state index is -1.64. The molecule has 0 bridgehead atoms. The molecule has 1 fully saturated rings. The molecule has 0 N–H and O–H groups in total. The van der Waals surface area contributed by atoms with E-state index in [0.717, 1.165) is 0 Å². The summed E-state index contributed by atoms with van der Waals surface area (Å²) in [5.74, 6) is 0. The predicted octanol–water partition coefficient (Wildman–Crippen LogP) is 2.56. The SMILES string of the molecule is CN(C)P(=NC1CCCC1)(N(C)C)N(C)C. The van der Waals surface area contributed by atoms with Crippen molar-refractivity contribution in [1.29, 1.82) is 0 Å². The first kappa shape index (κ1) is 14.2. The molecule has 0 aliphatic heterocycles. The molecule has 0 radical (unpaired) electrons. The molecular formula is C11H27N4P. The number of rotatable bonds is 4. The Hall–Kier alpha value is 0.110. The summed E-state index contributed by atoms with van der Waals surface area (Å²) in [5, 5.41) is 0. The van der Waals surface area contributed by atoms with Crippen LogP contribution in [-0.2, 0) is 0 Å². The van der Waals surface area contributed by atoms with Crippen molar-refractivity contribution in [1.82, 2.24) is 14.0 Å². The minimum Gasteiger partial charge on any atom is -0.257 e. The van der Waals surface area contributed by atoms with E-state index in [1.807, 2.05) is 0 Å². The Morgan fingerprint density at radius 1 is 0.812 bits per heavy atom. The average Bonchev–Trinajstić information content (AvgIpc) is 2.64. The second kappa shape index (κ2) is 5.63. The predicted molar refractivity (Wildman–Crippen MR) is 72.7 cm³/mol. The Morgan fingerprint density at radius 3 is 1.50 bits per heavy atom. The maximum Gasteiger partial charge on any atom is 0.166 e. The summed E-state index contributed by atoms with van der Waals surface area (Å²) in [6.45, 7) is 0. The monoisotopic (exact) mass is 246 g/mol. The molecule has 16 heavy (non-hydrogen) atoms. The summed E-state index contributed by atoms with van der Waals surface area (Å²) in [5.41, 5.74) is 0. The zero-order valence-corrected chi connectivity index (χ0v) is 12.5. The number of hydrogen-bond donors (Lipinski definition) is 0. The maximum absolute atomic E-state index is 5.19. The van der Waals surface area contributed by atoms with E-state index in [1.165, 1.54) is 25.7 Å². The van der Waals surface area contributed by atoms with Gasteiger partial charge in [-0.1, -0.05) is 12.8 Å². The fraction of sp³-hybridized carbons (Fsp3) is 1.00. The van der Waals surface area contributed by atoms with Crippen LogP contribution in [0.15, 0.2) is 4.74 Å². The molecule has 1 aliphatic rings. The van der Waals surface area contributed by atoms with Crippen LogP contribution in [0.1, 0.15) is 25.7 Å². The quantitative estimate of drug-likeness (QED) is 0.712. The van der Waals surface area contributed by atoms with Crippen LogP contribution in [0.5, 0.6) is 0 Å². The van der Waals surface area contributed by atoms with Crippen molar-refractivity contribution in [2.24, 2.45) is 4.74 Å². The highest BCUT2D eigenvalue weighted by atomic mass is 31.2. The summed E-state index contributed by atoms with van der Waals surface area (Å²) >= 11 is 0. The lowest BCUT2D eigenvalue weighted by Crippen LogP contribution is -2.31. The Kier molecular flexibility index (Phi) is 4.99. The van der Waals surface area contributed by atoms with E-state index in [4.69, 9.17) is 4.74 Å². The van der Waals surface area contributed by atoms with Crippen LogP contribution in [-0.4, -0.2) is 62.3 Å². The molecule has 0 unspecified atom stereocenters.